The molecule has 1 aromatic heterocycles. The highest BCUT2D eigenvalue weighted by Crippen LogP contribution is 2.33. The zero-order valence-corrected chi connectivity index (χ0v) is 9.83. The molecular weight excluding hydrogens is 180 g/mol. The first-order valence-corrected chi connectivity index (χ1v) is 5.33. The quantitative estimate of drug-likeness (QED) is 0.753. The molecule has 74 valence electrons. The molecule has 0 unspecified atom stereocenters. The van der Waals surface area contributed by atoms with E-state index in [1.54, 1.807) is 11.3 Å². The number of hydrogen-bond acceptors (Lipinski definition) is 3. The lowest BCUT2D eigenvalue weighted by Crippen LogP contribution is -2.26. The van der Waals surface area contributed by atoms with Gasteiger partial charge in [-0.1, -0.05) is 20.8 Å². The van der Waals surface area contributed by atoms with Crippen molar-refractivity contribution >= 4 is 11.3 Å². The molecule has 0 saturated carbocycles. The van der Waals surface area contributed by atoms with Crippen LogP contribution in [0.3, 0.4) is 0 Å². The molecule has 0 amide bonds. The van der Waals surface area contributed by atoms with Gasteiger partial charge >= 0.3 is 0 Å². The third-order valence-corrected chi connectivity index (χ3v) is 3.40. The molecule has 2 N–H and O–H groups in total. The van der Waals surface area contributed by atoms with E-state index in [0.717, 1.165) is 10.7 Å². The maximum atomic E-state index is 6.10. The third kappa shape index (κ3) is 2.29. The zero-order valence-electron chi connectivity index (χ0n) is 9.01. The van der Waals surface area contributed by atoms with Crippen LogP contribution in [-0.4, -0.2) is 4.98 Å². The van der Waals surface area contributed by atoms with Crippen molar-refractivity contribution in [3.8, 4) is 0 Å². The lowest BCUT2D eigenvalue weighted by molar-refractivity contribution is 0.326. The highest BCUT2D eigenvalue weighted by atomic mass is 32.1. The van der Waals surface area contributed by atoms with Crippen molar-refractivity contribution < 1.29 is 0 Å². The van der Waals surface area contributed by atoms with E-state index < -0.39 is 0 Å². The van der Waals surface area contributed by atoms with E-state index in [1.165, 1.54) is 4.88 Å². The number of hydrogen-bond donors (Lipinski definition) is 1. The Bertz CT molecular complexity index is 277. The Morgan fingerprint density at radius 1 is 1.31 bits per heavy atom. The molecule has 3 heteroatoms. The first-order valence-electron chi connectivity index (χ1n) is 4.52. The van der Waals surface area contributed by atoms with Crippen molar-refractivity contribution in [2.75, 3.05) is 0 Å². The summed E-state index contributed by atoms with van der Waals surface area (Å²) in [5.74, 6) is 0. The molecule has 0 aromatic carbocycles. The molecule has 2 nitrogen and oxygen atoms in total. The van der Waals surface area contributed by atoms with Crippen LogP contribution in [0.2, 0.25) is 0 Å². The highest BCUT2D eigenvalue weighted by Gasteiger charge is 2.25. The smallest absolute Gasteiger partial charge is 0.110 e. The van der Waals surface area contributed by atoms with Gasteiger partial charge in [0.15, 0.2) is 0 Å². The van der Waals surface area contributed by atoms with Crippen molar-refractivity contribution in [1.29, 1.82) is 0 Å². The Morgan fingerprint density at radius 3 is 2.15 bits per heavy atom. The number of aromatic nitrogens is 1. The molecule has 0 spiro atoms. The molecule has 13 heavy (non-hydrogen) atoms. The van der Waals surface area contributed by atoms with Crippen LogP contribution in [0, 0.1) is 19.3 Å². The summed E-state index contributed by atoms with van der Waals surface area (Å²) in [5.41, 5.74) is 7.31. The molecule has 0 saturated heterocycles. The van der Waals surface area contributed by atoms with E-state index in [4.69, 9.17) is 5.73 Å². The standard InChI is InChI=1S/C10H18N2S/c1-6-7(2)13-9(12-6)8(11)10(3,4)5/h8H,11H2,1-5H3/t8-/m0/s1. The van der Waals surface area contributed by atoms with Gasteiger partial charge in [-0.15, -0.1) is 11.3 Å². The SMILES string of the molecule is Cc1nc([C@H](N)C(C)(C)C)sc1C. The molecule has 1 atom stereocenters. The van der Waals surface area contributed by atoms with Crippen molar-refractivity contribution in [1.82, 2.24) is 4.98 Å². The van der Waals surface area contributed by atoms with Crippen LogP contribution in [0.1, 0.15) is 42.4 Å². The molecule has 0 aliphatic rings. The van der Waals surface area contributed by atoms with E-state index in [1.807, 2.05) is 6.92 Å². The average Bonchev–Trinajstić information content (AvgIpc) is 2.29. The molecular formula is C10H18N2S. The van der Waals surface area contributed by atoms with E-state index in [2.05, 4.69) is 32.7 Å². The van der Waals surface area contributed by atoms with Crippen LogP contribution >= 0.6 is 11.3 Å². The second-order valence-corrected chi connectivity index (χ2v) is 5.77. The average molecular weight is 198 g/mol. The summed E-state index contributed by atoms with van der Waals surface area (Å²) in [6, 6.07) is 0.0462. The molecule has 1 heterocycles. The molecule has 0 aliphatic carbocycles. The highest BCUT2D eigenvalue weighted by molar-refractivity contribution is 7.11. The molecule has 1 rings (SSSR count). The van der Waals surface area contributed by atoms with Crippen LogP contribution in [0.4, 0.5) is 0 Å². The molecule has 1 aromatic rings. The van der Waals surface area contributed by atoms with Gasteiger partial charge in [-0.2, -0.15) is 0 Å². The maximum absolute atomic E-state index is 6.10. The number of thiazole rings is 1. The van der Waals surface area contributed by atoms with E-state index in [-0.39, 0.29) is 11.5 Å². The first kappa shape index (κ1) is 10.7. The number of nitrogens with zero attached hydrogens (tertiary/aromatic N) is 1. The van der Waals surface area contributed by atoms with Gasteiger partial charge in [-0.05, 0) is 19.3 Å². The Hall–Kier alpha value is -0.410. The minimum Gasteiger partial charge on any atom is -0.322 e. The Balaban J connectivity index is 2.96. The summed E-state index contributed by atoms with van der Waals surface area (Å²) in [7, 11) is 0. The monoisotopic (exact) mass is 198 g/mol. The number of aryl methyl sites for hydroxylation is 2. The van der Waals surface area contributed by atoms with Crippen LogP contribution in [0.15, 0.2) is 0 Å². The third-order valence-electron chi connectivity index (χ3n) is 2.24. The van der Waals surface area contributed by atoms with Gasteiger partial charge in [-0.25, -0.2) is 4.98 Å². The summed E-state index contributed by atoms with van der Waals surface area (Å²) in [6.07, 6.45) is 0. The van der Waals surface area contributed by atoms with E-state index in [9.17, 15) is 0 Å². The second-order valence-electron chi connectivity index (χ2n) is 4.54. The topological polar surface area (TPSA) is 38.9 Å². The second kappa shape index (κ2) is 3.39. The fourth-order valence-corrected chi connectivity index (χ4v) is 2.17. The summed E-state index contributed by atoms with van der Waals surface area (Å²) in [6.45, 7) is 10.5. The Labute approximate surface area is 84.2 Å². The van der Waals surface area contributed by atoms with Gasteiger partial charge in [0.05, 0.1) is 11.7 Å². The zero-order chi connectivity index (χ0) is 10.2. The predicted molar refractivity (Wildman–Crippen MR) is 58.0 cm³/mol. The van der Waals surface area contributed by atoms with Crippen LogP contribution < -0.4 is 5.73 Å². The van der Waals surface area contributed by atoms with Gasteiger partial charge < -0.3 is 5.73 Å². The van der Waals surface area contributed by atoms with Crippen LogP contribution in [0.5, 0.6) is 0 Å². The summed E-state index contributed by atoms with van der Waals surface area (Å²) in [5, 5.41) is 1.06. The van der Waals surface area contributed by atoms with Crippen molar-refractivity contribution in [2.45, 2.75) is 40.7 Å². The Morgan fingerprint density at radius 2 is 1.85 bits per heavy atom. The summed E-state index contributed by atoms with van der Waals surface area (Å²) < 4.78 is 0. The number of rotatable bonds is 1. The molecule has 0 bridgehead atoms. The lowest BCUT2D eigenvalue weighted by Gasteiger charge is -2.24. The fraction of sp³-hybridized carbons (Fsp3) is 0.700. The first-order chi connectivity index (χ1) is 5.82. The largest absolute Gasteiger partial charge is 0.322 e. The van der Waals surface area contributed by atoms with E-state index in [0.29, 0.717) is 0 Å². The van der Waals surface area contributed by atoms with Gasteiger partial charge in [-0.3, -0.25) is 0 Å². The normalized spacial score (nSPS) is 14.6. The molecule has 0 aliphatic heterocycles. The van der Waals surface area contributed by atoms with E-state index >= 15 is 0 Å². The molecule has 0 fully saturated rings. The Kier molecular flexibility index (Phi) is 2.78. The van der Waals surface area contributed by atoms with Crippen molar-refractivity contribution in [2.24, 2.45) is 11.1 Å². The van der Waals surface area contributed by atoms with Crippen molar-refractivity contribution in [3.05, 3.63) is 15.6 Å². The summed E-state index contributed by atoms with van der Waals surface area (Å²) in [4.78, 5) is 5.74. The van der Waals surface area contributed by atoms with Gasteiger partial charge in [0.25, 0.3) is 0 Å². The lowest BCUT2D eigenvalue weighted by atomic mass is 9.88. The van der Waals surface area contributed by atoms with Crippen molar-refractivity contribution in [3.63, 3.8) is 0 Å². The number of nitrogens with two attached hydrogens (primary N) is 1. The minimum atomic E-state index is 0.0462. The van der Waals surface area contributed by atoms with Crippen LogP contribution in [0.25, 0.3) is 0 Å². The minimum absolute atomic E-state index is 0.0462. The molecule has 0 radical (unpaired) electrons. The predicted octanol–water partition coefficient (Wildman–Crippen LogP) is 2.81. The van der Waals surface area contributed by atoms with Gasteiger partial charge in [0.1, 0.15) is 5.01 Å². The van der Waals surface area contributed by atoms with Crippen LogP contribution in [-0.2, 0) is 0 Å². The summed E-state index contributed by atoms with van der Waals surface area (Å²) >= 11 is 1.71. The van der Waals surface area contributed by atoms with Gasteiger partial charge in [0.2, 0.25) is 0 Å². The maximum Gasteiger partial charge on any atom is 0.110 e. The van der Waals surface area contributed by atoms with Gasteiger partial charge in [0, 0.05) is 4.88 Å². The fourth-order valence-electron chi connectivity index (χ4n) is 1.00.